The first-order valence-electron chi connectivity index (χ1n) is 6.54. The molecule has 0 spiro atoms. The molecule has 0 bridgehead atoms. The first kappa shape index (κ1) is 11.5. The number of aliphatic hydroxyl groups is 1. The van der Waals surface area contributed by atoms with Crippen LogP contribution < -0.4 is 4.74 Å². The molecule has 1 N–H and O–H groups in total. The largest absolute Gasteiger partial charge is 0.497 e. The third kappa shape index (κ3) is 1.97. The lowest BCUT2D eigenvalue weighted by Gasteiger charge is -2.30. The van der Waals surface area contributed by atoms with Gasteiger partial charge in [-0.25, -0.2) is 0 Å². The van der Waals surface area contributed by atoms with Crippen LogP contribution in [0.1, 0.15) is 30.9 Å². The molecule has 1 fully saturated rings. The number of fused-ring (bicyclic) bond motifs is 1. The fourth-order valence-electron chi connectivity index (χ4n) is 2.58. The van der Waals surface area contributed by atoms with Crippen molar-refractivity contribution < 1.29 is 9.84 Å². The van der Waals surface area contributed by atoms with Crippen LogP contribution in [-0.2, 0) is 0 Å². The standard InChI is InChI=1S/C16H18O2/c1-18-15-8-7-12-9-14(6-5-13(12)10-15)16(17)11-3-2-4-11/h5-11,16-17H,2-4H2,1H3. The summed E-state index contributed by atoms with van der Waals surface area (Å²) in [4.78, 5) is 0. The normalized spacial score (nSPS) is 17.4. The van der Waals surface area contributed by atoms with Gasteiger partial charge in [0.25, 0.3) is 0 Å². The summed E-state index contributed by atoms with van der Waals surface area (Å²) in [5, 5.41) is 12.6. The van der Waals surface area contributed by atoms with Crippen molar-refractivity contribution in [3.63, 3.8) is 0 Å². The molecule has 1 unspecified atom stereocenters. The Hall–Kier alpha value is -1.54. The Morgan fingerprint density at radius 2 is 1.83 bits per heavy atom. The second kappa shape index (κ2) is 4.62. The van der Waals surface area contributed by atoms with Gasteiger partial charge in [0.15, 0.2) is 0 Å². The van der Waals surface area contributed by atoms with Crippen LogP contribution in [-0.4, -0.2) is 12.2 Å². The minimum atomic E-state index is -0.301. The molecule has 1 aliphatic carbocycles. The third-order valence-electron chi connectivity index (χ3n) is 4.01. The third-order valence-corrected chi connectivity index (χ3v) is 4.01. The lowest BCUT2D eigenvalue weighted by Crippen LogP contribution is -2.19. The van der Waals surface area contributed by atoms with Crippen molar-refractivity contribution in [1.29, 1.82) is 0 Å². The number of hydrogen-bond acceptors (Lipinski definition) is 2. The fraction of sp³-hybridized carbons (Fsp3) is 0.375. The van der Waals surface area contributed by atoms with Gasteiger partial charge in [-0.15, -0.1) is 0 Å². The summed E-state index contributed by atoms with van der Waals surface area (Å²) in [7, 11) is 1.68. The van der Waals surface area contributed by atoms with Gasteiger partial charge >= 0.3 is 0 Å². The Bertz CT molecular complexity index is 558. The zero-order chi connectivity index (χ0) is 12.5. The molecule has 0 saturated heterocycles. The van der Waals surface area contributed by atoms with E-state index in [0.29, 0.717) is 5.92 Å². The van der Waals surface area contributed by atoms with Gasteiger partial charge in [0.1, 0.15) is 5.75 Å². The van der Waals surface area contributed by atoms with Crippen molar-refractivity contribution in [2.45, 2.75) is 25.4 Å². The molecule has 2 heteroatoms. The number of aliphatic hydroxyl groups excluding tert-OH is 1. The molecule has 0 aromatic heterocycles. The minimum Gasteiger partial charge on any atom is -0.497 e. The second-order valence-electron chi connectivity index (χ2n) is 5.11. The molecule has 1 saturated carbocycles. The van der Waals surface area contributed by atoms with Crippen LogP contribution in [0, 0.1) is 5.92 Å². The Kier molecular flexibility index (Phi) is 2.96. The van der Waals surface area contributed by atoms with Gasteiger partial charge in [-0.1, -0.05) is 24.6 Å². The number of hydrogen-bond donors (Lipinski definition) is 1. The van der Waals surface area contributed by atoms with Gasteiger partial charge in [-0.3, -0.25) is 0 Å². The zero-order valence-corrected chi connectivity index (χ0v) is 10.6. The number of benzene rings is 2. The molecular weight excluding hydrogens is 224 g/mol. The van der Waals surface area contributed by atoms with Crippen LogP contribution in [0.2, 0.25) is 0 Å². The summed E-state index contributed by atoms with van der Waals surface area (Å²) in [5.74, 6) is 1.33. The molecule has 1 atom stereocenters. The van der Waals surface area contributed by atoms with E-state index in [1.165, 1.54) is 6.42 Å². The summed E-state index contributed by atoms with van der Waals surface area (Å²) < 4.78 is 5.22. The number of ether oxygens (including phenoxy) is 1. The summed E-state index contributed by atoms with van der Waals surface area (Å²) in [6, 6.07) is 12.2. The minimum absolute atomic E-state index is 0.301. The summed E-state index contributed by atoms with van der Waals surface area (Å²) in [6.07, 6.45) is 3.26. The van der Waals surface area contributed by atoms with Crippen molar-refractivity contribution in [2.24, 2.45) is 5.92 Å². The van der Waals surface area contributed by atoms with Gasteiger partial charge in [0, 0.05) is 0 Å². The average Bonchev–Trinajstić information content (AvgIpc) is 2.35. The van der Waals surface area contributed by atoms with E-state index in [-0.39, 0.29) is 6.10 Å². The van der Waals surface area contributed by atoms with E-state index in [2.05, 4.69) is 12.1 Å². The SMILES string of the molecule is COc1ccc2cc(C(O)C3CCC3)ccc2c1. The van der Waals surface area contributed by atoms with Crippen LogP contribution in [0.4, 0.5) is 0 Å². The predicted octanol–water partition coefficient (Wildman–Crippen LogP) is 3.68. The maximum Gasteiger partial charge on any atom is 0.119 e. The van der Waals surface area contributed by atoms with Crippen molar-refractivity contribution in [3.8, 4) is 5.75 Å². The van der Waals surface area contributed by atoms with E-state index in [9.17, 15) is 5.11 Å². The average molecular weight is 242 g/mol. The number of rotatable bonds is 3. The Labute approximate surface area is 107 Å². The van der Waals surface area contributed by atoms with Gasteiger partial charge in [-0.2, -0.15) is 0 Å². The molecule has 0 radical (unpaired) electrons. The molecule has 0 aliphatic heterocycles. The summed E-state index contributed by atoms with van der Waals surface area (Å²) >= 11 is 0. The molecule has 1 aliphatic rings. The van der Waals surface area contributed by atoms with E-state index >= 15 is 0 Å². The quantitative estimate of drug-likeness (QED) is 0.889. The van der Waals surface area contributed by atoms with Gasteiger partial charge in [-0.05, 0) is 53.3 Å². The second-order valence-corrected chi connectivity index (χ2v) is 5.11. The lowest BCUT2D eigenvalue weighted by atomic mass is 9.78. The highest BCUT2D eigenvalue weighted by molar-refractivity contribution is 5.84. The monoisotopic (exact) mass is 242 g/mol. The van der Waals surface area contributed by atoms with Gasteiger partial charge in [0.2, 0.25) is 0 Å². The topological polar surface area (TPSA) is 29.5 Å². The van der Waals surface area contributed by atoms with E-state index in [4.69, 9.17) is 4.74 Å². The van der Waals surface area contributed by atoms with E-state index in [0.717, 1.165) is 34.9 Å². The molecule has 2 nitrogen and oxygen atoms in total. The van der Waals surface area contributed by atoms with Crippen molar-refractivity contribution >= 4 is 10.8 Å². The van der Waals surface area contributed by atoms with Crippen LogP contribution in [0.5, 0.6) is 5.75 Å². The summed E-state index contributed by atoms with van der Waals surface area (Å²) in [5.41, 5.74) is 1.04. The van der Waals surface area contributed by atoms with E-state index in [1.54, 1.807) is 7.11 Å². The first-order valence-corrected chi connectivity index (χ1v) is 6.54. The van der Waals surface area contributed by atoms with Gasteiger partial charge < -0.3 is 9.84 Å². The molecular formula is C16H18O2. The van der Waals surface area contributed by atoms with Crippen LogP contribution in [0.15, 0.2) is 36.4 Å². The fourth-order valence-corrected chi connectivity index (χ4v) is 2.58. The van der Waals surface area contributed by atoms with Crippen molar-refractivity contribution in [1.82, 2.24) is 0 Å². The highest BCUT2D eigenvalue weighted by Gasteiger charge is 2.26. The Morgan fingerprint density at radius 3 is 2.50 bits per heavy atom. The predicted molar refractivity (Wildman–Crippen MR) is 72.8 cm³/mol. The highest BCUT2D eigenvalue weighted by Crippen LogP contribution is 2.38. The van der Waals surface area contributed by atoms with Gasteiger partial charge in [0.05, 0.1) is 13.2 Å². The first-order chi connectivity index (χ1) is 8.78. The van der Waals surface area contributed by atoms with E-state index in [1.807, 2.05) is 24.3 Å². The van der Waals surface area contributed by atoms with Crippen LogP contribution in [0.3, 0.4) is 0 Å². The molecule has 94 valence electrons. The lowest BCUT2D eigenvalue weighted by molar-refractivity contribution is 0.0622. The zero-order valence-electron chi connectivity index (χ0n) is 10.6. The van der Waals surface area contributed by atoms with E-state index < -0.39 is 0 Å². The number of methoxy groups -OCH3 is 1. The Balaban J connectivity index is 1.95. The molecule has 0 heterocycles. The summed E-state index contributed by atoms with van der Waals surface area (Å²) in [6.45, 7) is 0. The van der Waals surface area contributed by atoms with Crippen molar-refractivity contribution in [2.75, 3.05) is 7.11 Å². The maximum absolute atomic E-state index is 10.3. The molecule has 18 heavy (non-hydrogen) atoms. The van der Waals surface area contributed by atoms with Crippen molar-refractivity contribution in [3.05, 3.63) is 42.0 Å². The van der Waals surface area contributed by atoms with Crippen LogP contribution in [0.25, 0.3) is 10.8 Å². The molecule has 2 aromatic carbocycles. The molecule has 3 rings (SSSR count). The maximum atomic E-state index is 10.3. The Morgan fingerprint density at radius 1 is 1.11 bits per heavy atom. The smallest absolute Gasteiger partial charge is 0.119 e. The molecule has 0 amide bonds. The van der Waals surface area contributed by atoms with Crippen LogP contribution >= 0.6 is 0 Å². The highest BCUT2D eigenvalue weighted by atomic mass is 16.5. The molecule has 2 aromatic rings.